The lowest BCUT2D eigenvalue weighted by Gasteiger charge is -2.16. The molecule has 0 radical (unpaired) electrons. The number of aromatic nitrogens is 1. The fraction of sp³-hybridized carbons (Fsp3) is 0.333. The van der Waals surface area contributed by atoms with Gasteiger partial charge in [-0.2, -0.15) is 0 Å². The van der Waals surface area contributed by atoms with Gasteiger partial charge in [-0.1, -0.05) is 23.3 Å². The zero-order chi connectivity index (χ0) is 15.3. The van der Waals surface area contributed by atoms with Gasteiger partial charge in [0.2, 0.25) is 0 Å². The van der Waals surface area contributed by atoms with Crippen LogP contribution in [0, 0.1) is 12.8 Å². The third-order valence-corrected chi connectivity index (χ3v) is 6.37. The van der Waals surface area contributed by atoms with Gasteiger partial charge in [0.15, 0.2) is 0 Å². The van der Waals surface area contributed by atoms with E-state index in [0.717, 1.165) is 29.7 Å². The average molecular weight is 313 g/mol. The van der Waals surface area contributed by atoms with Gasteiger partial charge >= 0.3 is 0 Å². The first-order valence-corrected chi connectivity index (χ1v) is 9.22. The second-order valence-corrected chi connectivity index (χ2v) is 8.15. The van der Waals surface area contributed by atoms with E-state index in [4.69, 9.17) is 0 Å². The number of hydrogen-bond donors (Lipinski definition) is 0. The van der Waals surface area contributed by atoms with Crippen molar-refractivity contribution in [2.24, 2.45) is 5.92 Å². The Morgan fingerprint density at radius 3 is 2.45 bits per heavy atom. The molecule has 22 heavy (non-hydrogen) atoms. The molecular weight excluding hydrogens is 294 g/mol. The molecule has 0 unspecified atom stereocenters. The van der Waals surface area contributed by atoms with Crippen molar-refractivity contribution in [2.75, 3.05) is 0 Å². The molecule has 2 aromatic rings. The summed E-state index contributed by atoms with van der Waals surface area (Å²) in [7, 11) is -3.51. The van der Waals surface area contributed by atoms with E-state index in [0.29, 0.717) is 10.8 Å². The molecule has 1 heterocycles. The van der Waals surface area contributed by atoms with Crippen LogP contribution in [0.5, 0.6) is 0 Å². The monoisotopic (exact) mass is 313 g/mol. The summed E-state index contributed by atoms with van der Waals surface area (Å²) in [4.78, 5) is 0.350. The van der Waals surface area contributed by atoms with Gasteiger partial charge in [-0.15, -0.1) is 0 Å². The number of allylic oxidation sites excluding steroid dienone is 1. The zero-order valence-corrected chi connectivity index (χ0v) is 13.4. The van der Waals surface area contributed by atoms with Crippen LogP contribution in [-0.4, -0.2) is 12.4 Å². The second-order valence-electron chi connectivity index (χ2n) is 6.33. The molecule has 4 heteroatoms. The minimum Gasteiger partial charge on any atom is -0.242 e. The van der Waals surface area contributed by atoms with E-state index in [1.54, 1.807) is 18.3 Å². The van der Waals surface area contributed by atoms with Crippen LogP contribution in [0.25, 0.3) is 6.08 Å². The van der Waals surface area contributed by atoms with Crippen molar-refractivity contribution in [1.82, 2.24) is 3.97 Å². The van der Waals surface area contributed by atoms with E-state index < -0.39 is 10.0 Å². The Balaban J connectivity index is 1.81. The predicted molar refractivity (Wildman–Crippen MR) is 87.2 cm³/mol. The second kappa shape index (κ2) is 4.85. The topological polar surface area (TPSA) is 39.1 Å². The largest absolute Gasteiger partial charge is 0.268 e. The standard InChI is InChI=1S/C18H19NO2S/c1-13-2-8-17(9-3-13)22(20,21)19-11-10-15-6-7-16(12-18(15)19)14-4-5-14/h2-3,8-12,14H,4-7H2,1H3. The lowest BCUT2D eigenvalue weighted by Crippen LogP contribution is -2.15. The summed E-state index contributed by atoms with van der Waals surface area (Å²) < 4.78 is 27.3. The van der Waals surface area contributed by atoms with Gasteiger partial charge in [0, 0.05) is 6.20 Å². The van der Waals surface area contributed by atoms with E-state index in [-0.39, 0.29) is 0 Å². The normalized spacial score (nSPS) is 18.0. The SMILES string of the molecule is Cc1ccc(S(=O)(=O)n2ccc3c2C=C(C2CC2)CC3)cc1. The van der Waals surface area contributed by atoms with Crippen molar-refractivity contribution < 1.29 is 8.42 Å². The number of hydrogen-bond acceptors (Lipinski definition) is 2. The Bertz CT molecular complexity index is 853. The Kier molecular flexibility index (Phi) is 3.05. The van der Waals surface area contributed by atoms with Crippen LogP contribution in [0.4, 0.5) is 0 Å². The van der Waals surface area contributed by atoms with Gasteiger partial charge in [-0.25, -0.2) is 12.4 Å². The first kappa shape index (κ1) is 13.8. The summed E-state index contributed by atoms with van der Waals surface area (Å²) in [6.45, 7) is 1.96. The minimum absolute atomic E-state index is 0.350. The summed E-state index contributed by atoms with van der Waals surface area (Å²) in [6.07, 6.45) is 8.36. The van der Waals surface area contributed by atoms with E-state index in [1.165, 1.54) is 22.4 Å². The van der Waals surface area contributed by atoms with Crippen LogP contribution >= 0.6 is 0 Å². The highest BCUT2D eigenvalue weighted by molar-refractivity contribution is 7.90. The molecular formula is C18H19NO2S. The van der Waals surface area contributed by atoms with Crippen molar-refractivity contribution in [3.8, 4) is 0 Å². The molecule has 114 valence electrons. The molecule has 1 aromatic heterocycles. The minimum atomic E-state index is -3.51. The molecule has 3 nitrogen and oxygen atoms in total. The molecule has 0 atom stereocenters. The Morgan fingerprint density at radius 1 is 1.05 bits per heavy atom. The van der Waals surface area contributed by atoms with Gasteiger partial charge in [-0.3, -0.25) is 0 Å². The maximum Gasteiger partial charge on any atom is 0.268 e. The summed E-state index contributed by atoms with van der Waals surface area (Å²) in [6, 6.07) is 9.00. The van der Waals surface area contributed by atoms with Gasteiger partial charge in [0.25, 0.3) is 10.0 Å². The molecule has 2 aliphatic carbocycles. The van der Waals surface area contributed by atoms with Crippen molar-refractivity contribution >= 4 is 16.1 Å². The van der Waals surface area contributed by atoms with Crippen LogP contribution in [-0.2, 0) is 16.4 Å². The van der Waals surface area contributed by atoms with E-state index in [2.05, 4.69) is 6.08 Å². The number of aryl methyl sites for hydroxylation is 2. The predicted octanol–water partition coefficient (Wildman–Crippen LogP) is 3.77. The van der Waals surface area contributed by atoms with E-state index in [9.17, 15) is 8.42 Å². The fourth-order valence-corrected chi connectivity index (χ4v) is 4.53. The fourth-order valence-electron chi connectivity index (χ4n) is 3.17. The Morgan fingerprint density at radius 2 is 1.77 bits per heavy atom. The van der Waals surface area contributed by atoms with E-state index >= 15 is 0 Å². The third kappa shape index (κ3) is 2.22. The zero-order valence-electron chi connectivity index (χ0n) is 12.6. The number of nitrogens with zero attached hydrogens (tertiary/aromatic N) is 1. The molecule has 0 N–H and O–H groups in total. The Labute approximate surface area is 131 Å². The van der Waals surface area contributed by atoms with Gasteiger partial charge < -0.3 is 0 Å². The smallest absolute Gasteiger partial charge is 0.242 e. The quantitative estimate of drug-likeness (QED) is 0.865. The van der Waals surface area contributed by atoms with Crippen molar-refractivity contribution in [3.05, 3.63) is 58.9 Å². The molecule has 0 saturated heterocycles. The summed E-state index contributed by atoms with van der Waals surface area (Å²) >= 11 is 0. The highest BCUT2D eigenvalue weighted by Crippen LogP contribution is 2.42. The molecule has 1 aromatic carbocycles. The molecule has 4 rings (SSSR count). The van der Waals surface area contributed by atoms with Gasteiger partial charge in [0.05, 0.1) is 10.6 Å². The number of rotatable bonds is 3. The van der Waals surface area contributed by atoms with Crippen LogP contribution in [0.3, 0.4) is 0 Å². The van der Waals surface area contributed by atoms with E-state index in [1.807, 2.05) is 25.1 Å². The third-order valence-electron chi connectivity index (χ3n) is 4.66. The molecule has 0 bridgehead atoms. The Hall–Kier alpha value is -1.81. The van der Waals surface area contributed by atoms with Crippen molar-refractivity contribution in [2.45, 2.75) is 37.5 Å². The first-order chi connectivity index (χ1) is 10.6. The van der Waals surface area contributed by atoms with Crippen LogP contribution in [0.1, 0.15) is 36.1 Å². The van der Waals surface area contributed by atoms with Crippen molar-refractivity contribution in [1.29, 1.82) is 0 Å². The lowest BCUT2D eigenvalue weighted by molar-refractivity contribution is 0.587. The summed E-state index contributed by atoms with van der Waals surface area (Å²) in [5, 5.41) is 0. The number of benzene rings is 1. The molecule has 0 spiro atoms. The molecule has 0 amide bonds. The molecule has 1 fully saturated rings. The lowest BCUT2D eigenvalue weighted by atomic mass is 9.94. The van der Waals surface area contributed by atoms with Gasteiger partial charge in [0.1, 0.15) is 0 Å². The average Bonchev–Trinajstić information content (AvgIpc) is 3.26. The maximum atomic E-state index is 12.9. The molecule has 2 aliphatic rings. The van der Waals surface area contributed by atoms with Crippen LogP contribution in [0.15, 0.2) is 47.0 Å². The molecule has 0 aliphatic heterocycles. The van der Waals surface area contributed by atoms with Crippen molar-refractivity contribution in [3.63, 3.8) is 0 Å². The van der Waals surface area contributed by atoms with Crippen LogP contribution < -0.4 is 0 Å². The highest BCUT2D eigenvalue weighted by Gasteiger charge is 2.30. The first-order valence-electron chi connectivity index (χ1n) is 7.78. The summed E-state index contributed by atoms with van der Waals surface area (Å²) in [5.41, 5.74) is 4.48. The highest BCUT2D eigenvalue weighted by atomic mass is 32.2. The number of fused-ring (bicyclic) bond motifs is 1. The maximum absolute atomic E-state index is 12.9. The summed E-state index contributed by atoms with van der Waals surface area (Å²) in [5.74, 6) is 0.693. The van der Waals surface area contributed by atoms with Gasteiger partial charge in [-0.05, 0) is 68.4 Å². The molecule has 1 saturated carbocycles. The van der Waals surface area contributed by atoms with Crippen LogP contribution in [0.2, 0.25) is 0 Å².